The summed E-state index contributed by atoms with van der Waals surface area (Å²) in [6.45, 7) is 12.1. The number of carbonyl (C=O) groups is 7. The first-order valence-electron chi connectivity index (χ1n) is 25.2. The van der Waals surface area contributed by atoms with Crippen molar-refractivity contribution in [3.63, 3.8) is 0 Å². The number of aromatic nitrogens is 3. The molecule has 1 aliphatic heterocycles. The molecule has 3 aromatic rings. The van der Waals surface area contributed by atoms with E-state index in [1.807, 2.05) is 6.08 Å². The molecule has 7 rings (SSSR count). The average molecular weight is 1040 g/mol. The zero-order valence-electron chi connectivity index (χ0n) is 42.5. The number of allylic oxidation sites excluding steroid dienone is 9. The summed E-state index contributed by atoms with van der Waals surface area (Å²) in [6.07, 6.45) is 10.5. The summed E-state index contributed by atoms with van der Waals surface area (Å²) in [5.74, 6) is 7.42. The predicted molar refractivity (Wildman–Crippen MR) is 285 cm³/mol. The van der Waals surface area contributed by atoms with Crippen LogP contribution in [0.1, 0.15) is 95.9 Å². The van der Waals surface area contributed by atoms with Crippen LogP contribution in [-0.4, -0.2) is 91.4 Å². The predicted octanol–water partition coefficient (Wildman–Crippen LogP) is 5.59. The van der Waals surface area contributed by atoms with Gasteiger partial charge in [-0.05, 0) is 82.7 Å². The number of rotatable bonds is 21. The van der Waals surface area contributed by atoms with E-state index in [2.05, 4.69) is 131 Å². The molecule has 0 saturated heterocycles. The van der Waals surface area contributed by atoms with Gasteiger partial charge in [-0.25, -0.2) is 0 Å². The Bertz CT molecular complexity index is 3140. The maximum atomic E-state index is 13.0. The van der Waals surface area contributed by atoms with Crippen LogP contribution in [0, 0.1) is 41.4 Å². The minimum atomic E-state index is -1.56. The van der Waals surface area contributed by atoms with Gasteiger partial charge in [0.2, 0.25) is 29.5 Å². The maximum Gasteiger partial charge on any atom is 0.305 e. The molecular weight excluding hydrogens is 973 g/mol. The minimum absolute atomic E-state index is 0.0285. The number of unbranched alkanes of at least 4 members (excludes halogenated alkanes) is 1. The molecule has 6 atom stereocenters. The molecule has 4 aliphatic rings. The fraction of sp³-hybridized carbons (Fsp3) is 0.386. The molecule has 75 heavy (non-hydrogen) atoms. The van der Waals surface area contributed by atoms with E-state index in [4.69, 9.17) is 10.8 Å². The highest BCUT2D eigenvalue weighted by molar-refractivity contribution is 8.07. The number of fused-ring (bicyclic) bond motifs is 3. The van der Waals surface area contributed by atoms with E-state index in [0.29, 0.717) is 24.6 Å². The second-order valence-corrected chi connectivity index (χ2v) is 20.1. The zero-order valence-corrected chi connectivity index (χ0v) is 43.3. The molecule has 2 heterocycles. The molecule has 390 valence electrons. The van der Waals surface area contributed by atoms with Gasteiger partial charge in [-0.15, -0.1) is 11.0 Å². The van der Waals surface area contributed by atoms with Crippen LogP contribution in [0.4, 0.5) is 0 Å². The third-order valence-electron chi connectivity index (χ3n) is 13.4. The van der Waals surface area contributed by atoms with Gasteiger partial charge in [0.05, 0.1) is 25.2 Å². The molecule has 2 aromatic carbocycles. The number of carboxylic acids is 2. The highest BCUT2D eigenvalue weighted by atomic mass is 32.2. The third-order valence-corrected chi connectivity index (χ3v) is 14.6. The summed E-state index contributed by atoms with van der Waals surface area (Å²) < 4.78 is 1.64. The standard InChI is InChI=1S/C57H62N8O9S/c1-6-8-9-16-39-33(4)51(39)54-44(7-2)75-45-23-18-35(28-41(45)53(54)50-32(3)27-37-20-19-36-15-10-11-17-40(36)52(37)50)14-12-13-26-65-31-38(63-64-65)21-24-46(66)62-43(29-49(70)71)56(73)59-30-47(67)61-42(22-25-48(68)69)57(74)60-34(5)55(58)72/h7,10-11,15,17-20,23,31-35,42-43H,2,6,8,13,21-22,24-30H2,1,3-5H3,(H2,58,72)(H,59,73)(H,60,74)(H,61,67)(H,62,66)(H,68,69)(H,70,71)/b53-50-/t32?,33-,34+,35-,42+,43+/m1/s1. The Morgan fingerprint density at radius 2 is 1.69 bits per heavy atom. The van der Waals surface area contributed by atoms with Crippen molar-refractivity contribution in [1.82, 2.24) is 36.3 Å². The van der Waals surface area contributed by atoms with Crippen molar-refractivity contribution < 1.29 is 43.8 Å². The average Bonchev–Trinajstić information content (AvgIpc) is 3.61. The second kappa shape index (κ2) is 24.8. The Morgan fingerprint density at radius 1 is 0.920 bits per heavy atom. The lowest BCUT2D eigenvalue weighted by Gasteiger charge is -2.31. The molecule has 0 spiro atoms. The normalized spacial score (nSPS) is 19.5. The van der Waals surface area contributed by atoms with Crippen LogP contribution >= 0.6 is 11.8 Å². The van der Waals surface area contributed by atoms with Crippen LogP contribution in [0.3, 0.4) is 0 Å². The Morgan fingerprint density at radius 3 is 2.43 bits per heavy atom. The van der Waals surface area contributed by atoms with Crippen molar-refractivity contribution in [1.29, 1.82) is 0 Å². The number of nitrogens with two attached hydrogens (primary N) is 1. The highest BCUT2D eigenvalue weighted by Crippen LogP contribution is 2.59. The van der Waals surface area contributed by atoms with Crippen molar-refractivity contribution in [3.05, 3.63) is 122 Å². The molecular formula is C57H62N8O9S. The van der Waals surface area contributed by atoms with Crippen LogP contribution in [0.5, 0.6) is 0 Å². The van der Waals surface area contributed by atoms with Gasteiger partial charge in [-0.3, -0.25) is 38.2 Å². The van der Waals surface area contributed by atoms with E-state index in [1.165, 1.54) is 67.2 Å². The Balaban J connectivity index is 0.969. The molecule has 18 heteroatoms. The summed E-state index contributed by atoms with van der Waals surface area (Å²) in [5, 5.41) is 38.6. The number of carbonyl (C=O) groups excluding carboxylic acids is 5. The van der Waals surface area contributed by atoms with Gasteiger partial charge in [-0.2, -0.15) is 0 Å². The van der Waals surface area contributed by atoms with E-state index in [-0.39, 0.29) is 31.1 Å². The van der Waals surface area contributed by atoms with E-state index in [0.717, 1.165) is 30.6 Å². The van der Waals surface area contributed by atoms with Gasteiger partial charge in [-0.1, -0.05) is 117 Å². The quantitative estimate of drug-likeness (QED) is 0.0645. The number of benzene rings is 2. The molecule has 1 aromatic heterocycles. The number of thioether (sulfide) groups is 1. The van der Waals surface area contributed by atoms with E-state index in [1.54, 1.807) is 22.6 Å². The number of nitrogens with zero attached hydrogens (tertiary/aromatic N) is 3. The van der Waals surface area contributed by atoms with Gasteiger partial charge >= 0.3 is 11.9 Å². The molecule has 8 N–H and O–H groups in total. The van der Waals surface area contributed by atoms with Gasteiger partial charge in [0.1, 0.15) is 18.1 Å². The molecule has 3 aliphatic carbocycles. The molecule has 17 nitrogen and oxygen atoms in total. The highest BCUT2D eigenvalue weighted by Gasteiger charge is 2.43. The van der Waals surface area contributed by atoms with Gasteiger partial charge in [0.25, 0.3) is 0 Å². The number of hydrogen-bond acceptors (Lipinski definition) is 10. The van der Waals surface area contributed by atoms with Crippen LogP contribution in [0.2, 0.25) is 0 Å². The minimum Gasteiger partial charge on any atom is -0.481 e. The number of hydrogen-bond donors (Lipinski definition) is 7. The lowest BCUT2D eigenvalue weighted by molar-refractivity contribution is -0.141. The molecule has 1 unspecified atom stereocenters. The number of aryl methyl sites for hydroxylation is 2. The Hall–Kier alpha value is -7.96. The van der Waals surface area contributed by atoms with Crippen molar-refractivity contribution in [2.24, 2.45) is 23.5 Å². The third kappa shape index (κ3) is 13.6. The van der Waals surface area contributed by atoms with E-state index >= 15 is 0 Å². The monoisotopic (exact) mass is 1030 g/mol. The summed E-state index contributed by atoms with van der Waals surface area (Å²) in [7, 11) is 0. The molecule has 0 fully saturated rings. The molecule has 0 saturated carbocycles. The SMILES string of the molecule is C=CC1=C(C2=C(C#CCCC)[C@H]2C)/C(=C2\c3c(ccc4ccccc34)CC2C)C2=C(C=C[C@@H](C#CCCn3cc(CCC(=O)N[C@@H](CC(=O)O)C(=O)NCC(=O)N[C@@H](CCC(=O)O)C(=O)N[C@@H](C)C(N)=O)nn3)C2)S1. The number of primary amides is 1. The number of amides is 5. The van der Waals surface area contributed by atoms with E-state index < -0.39 is 79.0 Å². The largest absolute Gasteiger partial charge is 0.481 e. The van der Waals surface area contributed by atoms with Crippen LogP contribution in [0.25, 0.3) is 16.3 Å². The molecule has 0 bridgehead atoms. The topological polar surface area (TPSA) is 265 Å². The first-order valence-corrected chi connectivity index (χ1v) is 26.0. The zero-order chi connectivity index (χ0) is 53.9. The first kappa shape index (κ1) is 54.8. The lowest BCUT2D eigenvalue weighted by atomic mass is 9.79. The fourth-order valence-electron chi connectivity index (χ4n) is 9.55. The maximum absolute atomic E-state index is 13.0. The molecule has 0 radical (unpaired) electrons. The second-order valence-electron chi connectivity index (χ2n) is 19.0. The van der Waals surface area contributed by atoms with Crippen LogP contribution in [0.15, 0.2) is 105 Å². The number of carboxylic acid groups (broad SMARTS) is 2. The van der Waals surface area contributed by atoms with Gasteiger partial charge < -0.3 is 37.2 Å². The van der Waals surface area contributed by atoms with Crippen LogP contribution < -0.4 is 27.0 Å². The fourth-order valence-corrected chi connectivity index (χ4v) is 10.6. The van der Waals surface area contributed by atoms with Crippen molar-refractivity contribution in [2.45, 2.75) is 117 Å². The summed E-state index contributed by atoms with van der Waals surface area (Å²) in [4.78, 5) is 87.8. The number of aliphatic carboxylic acids is 2. The van der Waals surface area contributed by atoms with Gasteiger partial charge in [0, 0.05) is 71.1 Å². The van der Waals surface area contributed by atoms with E-state index in [9.17, 15) is 38.7 Å². The number of nitrogens with one attached hydrogen (secondary N) is 4. The van der Waals surface area contributed by atoms with Gasteiger partial charge in [0.15, 0.2) is 0 Å². The Kier molecular flexibility index (Phi) is 18.2. The van der Waals surface area contributed by atoms with Crippen molar-refractivity contribution >= 4 is 69.6 Å². The lowest BCUT2D eigenvalue weighted by Crippen LogP contribution is -2.54. The summed E-state index contributed by atoms with van der Waals surface area (Å²) in [6, 6.07) is 9.12. The Labute approximate surface area is 440 Å². The first-order chi connectivity index (χ1) is 36.0. The van der Waals surface area contributed by atoms with Crippen molar-refractivity contribution in [3.8, 4) is 23.7 Å². The van der Waals surface area contributed by atoms with Crippen molar-refractivity contribution in [2.75, 3.05) is 6.54 Å². The van der Waals surface area contributed by atoms with Crippen LogP contribution in [-0.2, 0) is 52.9 Å². The summed E-state index contributed by atoms with van der Waals surface area (Å²) in [5.41, 5.74) is 16.2. The molecule has 5 amide bonds. The summed E-state index contributed by atoms with van der Waals surface area (Å²) >= 11 is 1.78. The smallest absolute Gasteiger partial charge is 0.305 e.